The van der Waals surface area contributed by atoms with Gasteiger partial charge in [0.15, 0.2) is 9.84 Å². The normalized spacial score (nSPS) is 10.5. The maximum atomic E-state index is 11.2. The maximum Gasteiger partial charge on any atom is 0.150 e. The maximum absolute atomic E-state index is 11.2. The standard InChI is InChI=1S/C8H10NO2S.Y/c1-2-12(10,11)8-5-3-7(9)4-6-8;/h3-6H,1-2,9H2;/q-1;. The van der Waals surface area contributed by atoms with Crippen LogP contribution in [0.4, 0.5) is 5.69 Å². The quantitative estimate of drug-likeness (QED) is 0.642. The zero-order valence-corrected chi connectivity index (χ0v) is 10.8. The van der Waals surface area contributed by atoms with Gasteiger partial charge in [0.1, 0.15) is 0 Å². The van der Waals surface area contributed by atoms with Crippen LogP contribution in [0.1, 0.15) is 0 Å². The number of sulfone groups is 1. The van der Waals surface area contributed by atoms with Gasteiger partial charge in [-0.2, -0.15) is 0 Å². The number of rotatable bonds is 2. The van der Waals surface area contributed by atoms with Gasteiger partial charge >= 0.3 is 0 Å². The zero-order chi connectivity index (χ0) is 9.19. The molecule has 0 spiro atoms. The largest absolute Gasteiger partial charge is 0.399 e. The molecule has 69 valence electrons. The van der Waals surface area contributed by atoms with E-state index < -0.39 is 9.84 Å². The van der Waals surface area contributed by atoms with Crippen LogP contribution in [0.25, 0.3) is 0 Å². The van der Waals surface area contributed by atoms with Crippen molar-refractivity contribution < 1.29 is 41.1 Å². The van der Waals surface area contributed by atoms with Crippen molar-refractivity contribution in [2.75, 3.05) is 11.5 Å². The predicted molar refractivity (Wildman–Crippen MR) is 48.3 cm³/mol. The minimum atomic E-state index is -3.18. The molecule has 0 saturated carbocycles. The third kappa shape index (κ3) is 3.37. The van der Waals surface area contributed by atoms with Gasteiger partial charge in [-0.15, -0.1) is 0 Å². The molecule has 1 aromatic carbocycles. The molecule has 0 saturated heterocycles. The number of hydrogen-bond acceptors (Lipinski definition) is 3. The third-order valence-electron chi connectivity index (χ3n) is 1.51. The summed E-state index contributed by atoms with van der Waals surface area (Å²) in [5, 5.41) is 0. The Hall–Kier alpha value is 0.0739. The second-order valence-electron chi connectivity index (χ2n) is 2.39. The van der Waals surface area contributed by atoms with E-state index in [1.165, 1.54) is 12.1 Å². The van der Waals surface area contributed by atoms with Gasteiger partial charge in [0, 0.05) is 38.4 Å². The summed E-state index contributed by atoms with van der Waals surface area (Å²) in [4.78, 5) is 0.270. The van der Waals surface area contributed by atoms with Crippen molar-refractivity contribution in [3.05, 3.63) is 31.2 Å². The summed E-state index contributed by atoms with van der Waals surface area (Å²) in [5.41, 5.74) is 5.95. The Balaban J connectivity index is 0.00000144. The number of anilines is 1. The topological polar surface area (TPSA) is 60.2 Å². The van der Waals surface area contributed by atoms with E-state index in [0.29, 0.717) is 5.69 Å². The van der Waals surface area contributed by atoms with Crippen LogP contribution in [-0.4, -0.2) is 14.2 Å². The van der Waals surface area contributed by atoms with Gasteiger partial charge in [0.2, 0.25) is 0 Å². The monoisotopic (exact) mass is 273 g/mol. The van der Waals surface area contributed by atoms with Crippen molar-refractivity contribution in [2.45, 2.75) is 4.90 Å². The molecule has 3 nitrogen and oxygen atoms in total. The molecule has 0 unspecified atom stereocenters. The molecule has 0 aliphatic rings. The predicted octanol–water partition coefficient (Wildman–Crippen LogP) is 0.874. The average Bonchev–Trinajstić information content (AvgIpc) is 2.05. The Labute approximate surface area is 104 Å². The van der Waals surface area contributed by atoms with Crippen molar-refractivity contribution in [1.29, 1.82) is 0 Å². The first-order chi connectivity index (χ1) is 5.56. The molecule has 0 heterocycles. The molecule has 5 heteroatoms. The number of nitrogen functional groups attached to an aromatic ring is 1. The van der Waals surface area contributed by atoms with Crippen LogP contribution in [0.2, 0.25) is 0 Å². The SMILES string of the molecule is [CH2-]CS(=O)(=O)c1ccc(N)cc1.[Y]. The van der Waals surface area contributed by atoms with Crippen LogP contribution in [-0.2, 0) is 42.5 Å². The van der Waals surface area contributed by atoms with Crippen molar-refractivity contribution in [2.24, 2.45) is 0 Å². The van der Waals surface area contributed by atoms with Gasteiger partial charge < -0.3 is 12.7 Å². The fourth-order valence-electron chi connectivity index (χ4n) is 0.793. The van der Waals surface area contributed by atoms with Gasteiger partial charge in [-0.1, -0.05) is 5.75 Å². The molecule has 0 aromatic heterocycles. The van der Waals surface area contributed by atoms with Crippen LogP contribution in [0, 0.1) is 6.92 Å². The third-order valence-corrected chi connectivity index (χ3v) is 3.04. The fraction of sp³-hybridized carbons (Fsp3) is 0.125. The van der Waals surface area contributed by atoms with Gasteiger partial charge in [-0.3, -0.25) is 0 Å². The molecule has 0 fully saturated rings. The summed E-state index contributed by atoms with van der Waals surface area (Å²) < 4.78 is 22.4. The van der Waals surface area contributed by atoms with Crippen LogP contribution in [0.3, 0.4) is 0 Å². The second-order valence-corrected chi connectivity index (χ2v) is 4.50. The Morgan fingerprint density at radius 1 is 1.23 bits per heavy atom. The zero-order valence-electron chi connectivity index (χ0n) is 7.10. The van der Waals surface area contributed by atoms with Gasteiger partial charge in [0.05, 0.1) is 4.90 Å². The Morgan fingerprint density at radius 2 is 1.69 bits per heavy atom. The molecule has 13 heavy (non-hydrogen) atoms. The minimum Gasteiger partial charge on any atom is -0.399 e. The van der Waals surface area contributed by atoms with E-state index >= 15 is 0 Å². The number of nitrogens with two attached hydrogens (primary N) is 1. The first-order valence-electron chi connectivity index (χ1n) is 3.44. The molecule has 2 N–H and O–H groups in total. The summed E-state index contributed by atoms with van der Waals surface area (Å²) in [6.07, 6.45) is 0. The molecule has 1 radical (unpaired) electrons. The molecular weight excluding hydrogens is 263 g/mol. The summed E-state index contributed by atoms with van der Waals surface area (Å²) in [7, 11) is -3.18. The Kier molecular flexibility index (Phi) is 5.11. The fourth-order valence-corrected chi connectivity index (χ4v) is 1.58. The van der Waals surface area contributed by atoms with E-state index in [4.69, 9.17) is 5.73 Å². The Bertz CT molecular complexity index is 358. The van der Waals surface area contributed by atoms with Gasteiger partial charge in [-0.05, 0) is 24.3 Å². The van der Waals surface area contributed by atoms with E-state index in [0.717, 1.165) is 0 Å². The number of hydrogen-bond donors (Lipinski definition) is 1. The van der Waals surface area contributed by atoms with Crippen molar-refractivity contribution in [3.8, 4) is 0 Å². The first-order valence-corrected chi connectivity index (χ1v) is 5.09. The second kappa shape index (κ2) is 5.08. The molecule has 0 bridgehead atoms. The molecule has 0 atom stereocenters. The van der Waals surface area contributed by atoms with Crippen molar-refractivity contribution in [3.63, 3.8) is 0 Å². The summed E-state index contributed by atoms with van der Waals surface area (Å²) in [6, 6.07) is 6.08. The molecular formula is C8H10NO2SY-. The smallest absolute Gasteiger partial charge is 0.150 e. The van der Waals surface area contributed by atoms with Crippen LogP contribution < -0.4 is 5.73 Å². The van der Waals surface area contributed by atoms with Crippen molar-refractivity contribution in [1.82, 2.24) is 0 Å². The molecule has 0 amide bonds. The van der Waals surface area contributed by atoms with Gasteiger partial charge in [-0.25, -0.2) is 8.42 Å². The molecule has 0 aliphatic heterocycles. The first kappa shape index (κ1) is 13.1. The van der Waals surface area contributed by atoms with E-state index in [-0.39, 0.29) is 43.4 Å². The summed E-state index contributed by atoms with van der Waals surface area (Å²) in [6.45, 7) is 3.34. The van der Waals surface area contributed by atoms with E-state index in [2.05, 4.69) is 6.92 Å². The van der Waals surface area contributed by atoms with E-state index in [1.807, 2.05) is 0 Å². The molecule has 0 aliphatic carbocycles. The summed E-state index contributed by atoms with van der Waals surface area (Å²) >= 11 is 0. The number of benzene rings is 1. The summed E-state index contributed by atoms with van der Waals surface area (Å²) in [5.74, 6) is -0.128. The Morgan fingerprint density at radius 3 is 2.08 bits per heavy atom. The van der Waals surface area contributed by atoms with Crippen LogP contribution >= 0.6 is 0 Å². The van der Waals surface area contributed by atoms with E-state index in [1.54, 1.807) is 12.1 Å². The van der Waals surface area contributed by atoms with E-state index in [9.17, 15) is 8.42 Å². The molecule has 1 rings (SSSR count). The average molecular weight is 273 g/mol. The van der Waals surface area contributed by atoms with Crippen LogP contribution in [0.15, 0.2) is 29.2 Å². The van der Waals surface area contributed by atoms with Crippen molar-refractivity contribution >= 4 is 15.5 Å². The minimum absolute atomic E-state index is 0. The molecule has 1 aromatic rings. The van der Waals surface area contributed by atoms with Gasteiger partial charge in [0.25, 0.3) is 0 Å². The van der Waals surface area contributed by atoms with Crippen LogP contribution in [0.5, 0.6) is 0 Å².